The molecule has 1 aliphatic heterocycles. The summed E-state index contributed by atoms with van der Waals surface area (Å²) in [6.07, 6.45) is 8.51. The van der Waals surface area contributed by atoms with Gasteiger partial charge in [0.05, 0.1) is 27.8 Å². The molecule has 0 bridgehead atoms. The van der Waals surface area contributed by atoms with E-state index < -0.39 is 0 Å². The maximum atomic E-state index is 4.94. The Bertz CT molecular complexity index is 2440. The van der Waals surface area contributed by atoms with E-state index in [0.717, 1.165) is 41.3 Å². The lowest BCUT2D eigenvalue weighted by atomic mass is 10.0. The van der Waals surface area contributed by atoms with Gasteiger partial charge in [-0.05, 0) is 60.0 Å². The number of para-hydroxylation sites is 4. The van der Waals surface area contributed by atoms with Gasteiger partial charge in [-0.15, -0.1) is 0 Å². The van der Waals surface area contributed by atoms with Crippen LogP contribution in [0.2, 0.25) is 0 Å². The quantitative estimate of drug-likeness (QED) is 0.197. The molecule has 3 aromatic heterocycles. The van der Waals surface area contributed by atoms with E-state index in [-0.39, 0.29) is 0 Å². The smallest absolute Gasteiger partial charge is 0.113 e. The number of fused-ring (bicyclic) bond motifs is 7. The number of aryl methyl sites for hydroxylation is 1. The molecule has 0 radical (unpaired) electrons. The molecule has 1 aliphatic rings. The second kappa shape index (κ2) is 10.2. The minimum absolute atomic E-state index is 0.982. The van der Waals surface area contributed by atoms with Gasteiger partial charge in [0.2, 0.25) is 0 Å². The molecule has 0 amide bonds. The monoisotopic (exact) mass is 602 g/mol. The highest BCUT2D eigenvalue weighted by molar-refractivity contribution is 6.10. The van der Waals surface area contributed by atoms with Gasteiger partial charge in [0, 0.05) is 57.3 Å². The van der Waals surface area contributed by atoms with Gasteiger partial charge in [-0.25, -0.2) is 4.98 Å². The Balaban J connectivity index is 1.22. The minimum atomic E-state index is 0.982. The van der Waals surface area contributed by atoms with E-state index in [1.165, 1.54) is 54.7 Å². The first kappa shape index (κ1) is 26.1. The number of benzene rings is 6. The Hall–Kier alpha value is -6.13. The Morgan fingerprint density at radius 3 is 1.43 bits per heavy atom. The van der Waals surface area contributed by atoms with Crippen molar-refractivity contribution >= 4 is 49.8 Å². The maximum Gasteiger partial charge on any atom is 0.113 e. The van der Waals surface area contributed by atoms with Crippen LogP contribution >= 0.6 is 0 Å². The number of nitrogens with zero attached hydrogens (tertiary/aromatic N) is 4. The van der Waals surface area contributed by atoms with Gasteiger partial charge in [-0.1, -0.05) is 103 Å². The van der Waals surface area contributed by atoms with E-state index in [4.69, 9.17) is 4.98 Å². The Morgan fingerprint density at radius 2 is 0.936 bits per heavy atom. The van der Waals surface area contributed by atoms with Crippen molar-refractivity contribution in [2.75, 3.05) is 0 Å². The first-order valence-corrected chi connectivity index (χ1v) is 16.3. The Morgan fingerprint density at radius 1 is 0.468 bits per heavy atom. The summed E-state index contributed by atoms with van der Waals surface area (Å²) in [6.45, 7) is 0. The van der Waals surface area contributed by atoms with Gasteiger partial charge < -0.3 is 13.7 Å². The SMILES string of the molecule is C1=Cn2cc(-c3ccc(-c4cc(-n5c6ccccc6c6ccccc65)cc(-n5c6ccccc6c6ccccc65)c4)cc3)nc2CC1. The molecule has 0 unspecified atom stereocenters. The molecule has 47 heavy (non-hydrogen) atoms. The van der Waals surface area contributed by atoms with Crippen LogP contribution in [-0.4, -0.2) is 18.7 Å². The van der Waals surface area contributed by atoms with Crippen molar-refractivity contribution in [3.05, 3.63) is 158 Å². The predicted octanol–water partition coefficient (Wildman–Crippen LogP) is 10.8. The van der Waals surface area contributed by atoms with Gasteiger partial charge in [0.15, 0.2) is 0 Å². The highest BCUT2D eigenvalue weighted by Gasteiger charge is 2.17. The number of aromatic nitrogens is 4. The van der Waals surface area contributed by atoms with Crippen LogP contribution in [-0.2, 0) is 6.42 Å². The number of imidazole rings is 1. The summed E-state index contributed by atoms with van der Waals surface area (Å²) in [7, 11) is 0. The molecule has 0 N–H and O–H groups in total. The zero-order valence-electron chi connectivity index (χ0n) is 25.7. The average molecular weight is 603 g/mol. The molecule has 4 nitrogen and oxygen atoms in total. The fraction of sp³-hybridized carbons (Fsp3) is 0.0465. The molecular weight excluding hydrogens is 573 g/mol. The lowest BCUT2D eigenvalue weighted by Gasteiger charge is -2.16. The zero-order valence-corrected chi connectivity index (χ0v) is 25.7. The molecule has 0 atom stereocenters. The number of hydrogen-bond donors (Lipinski definition) is 0. The largest absolute Gasteiger partial charge is 0.310 e. The van der Waals surface area contributed by atoms with Crippen molar-refractivity contribution in [2.45, 2.75) is 12.8 Å². The number of allylic oxidation sites excluding steroid dienone is 1. The molecule has 0 spiro atoms. The van der Waals surface area contributed by atoms with Crippen LogP contribution in [0.5, 0.6) is 0 Å². The summed E-state index contributed by atoms with van der Waals surface area (Å²) >= 11 is 0. The van der Waals surface area contributed by atoms with Crippen LogP contribution in [0.25, 0.3) is 83.6 Å². The first-order valence-electron chi connectivity index (χ1n) is 16.3. The van der Waals surface area contributed by atoms with Crippen molar-refractivity contribution in [1.82, 2.24) is 18.7 Å². The van der Waals surface area contributed by atoms with Crippen molar-refractivity contribution < 1.29 is 0 Å². The van der Waals surface area contributed by atoms with E-state index in [1.807, 2.05) is 0 Å². The van der Waals surface area contributed by atoms with Gasteiger partial charge in [-0.2, -0.15) is 0 Å². The fourth-order valence-corrected chi connectivity index (χ4v) is 7.54. The number of hydrogen-bond acceptors (Lipinski definition) is 1. The van der Waals surface area contributed by atoms with Crippen molar-refractivity contribution in [1.29, 1.82) is 0 Å². The maximum absolute atomic E-state index is 4.94. The van der Waals surface area contributed by atoms with E-state index in [2.05, 4.69) is 172 Å². The fourth-order valence-electron chi connectivity index (χ4n) is 7.54. The molecule has 10 rings (SSSR count). The number of rotatable bonds is 4. The molecular formula is C43H30N4. The molecule has 4 heteroatoms. The van der Waals surface area contributed by atoms with E-state index in [1.54, 1.807) is 0 Å². The third-order valence-corrected chi connectivity index (χ3v) is 9.70. The van der Waals surface area contributed by atoms with E-state index in [0.29, 0.717) is 0 Å². The van der Waals surface area contributed by atoms with Gasteiger partial charge in [0.1, 0.15) is 5.82 Å². The predicted molar refractivity (Wildman–Crippen MR) is 195 cm³/mol. The highest BCUT2D eigenvalue weighted by atomic mass is 15.1. The Labute approximate surface area is 272 Å². The van der Waals surface area contributed by atoms with Crippen molar-refractivity contribution in [3.63, 3.8) is 0 Å². The van der Waals surface area contributed by atoms with Crippen LogP contribution in [0.15, 0.2) is 152 Å². The molecule has 0 saturated carbocycles. The van der Waals surface area contributed by atoms with Crippen molar-refractivity contribution in [3.8, 4) is 33.8 Å². The van der Waals surface area contributed by atoms with Crippen LogP contribution in [0.3, 0.4) is 0 Å². The minimum Gasteiger partial charge on any atom is -0.310 e. The first-order chi connectivity index (χ1) is 23.3. The molecule has 0 fully saturated rings. The van der Waals surface area contributed by atoms with Crippen LogP contribution < -0.4 is 0 Å². The van der Waals surface area contributed by atoms with Crippen LogP contribution in [0.1, 0.15) is 12.2 Å². The molecule has 9 aromatic rings. The van der Waals surface area contributed by atoms with E-state index >= 15 is 0 Å². The molecule has 4 heterocycles. The average Bonchev–Trinajstić information content (AvgIpc) is 3.82. The highest BCUT2D eigenvalue weighted by Crippen LogP contribution is 2.38. The summed E-state index contributed by atoms with van der Waals surface area (Å²) in [5.74, 6) is 1.13. The molecule has 222 valence electrons. The summed E-state index contributed by atoms with van der Waals surface area (Å²) in [5.41, 5.74) is 11.6. The van der Waals surface area contributed by atoms with Crippen molar-refractivity contribution in [2.24, 2.45) is 0 Å². The lowest BCUT2D eigenvalue weighted by Crippen LogP contribution is -2.00. The van der Waals surface area contributed by atoms with Gasteiger partial charge >= 0.3 is 0 Å². The van der Waals surface area contributed by atoms with E-state index in [9.17, 15) is 0 Å². The standard InChI is InChI=1S/C43H30N4/c1-5-15-39-34(11-1)35-12-2-6-16-40(35)46(39)32-25-31(29-20-22-30(23-21-29)38-28-45-24-10-9-19-43(45)44-38)26-33(27-32)47-41-17-7-3-13-36(41)37-14-4-8-18-42(37)47/h1-8,10-18,20-28H,9,19H2. The normalized spacial score (nSPS) is 12.9. The topological polar surface area (TPSA) is 27.7 Å². The zero-order chi connectivity index (χ0) is 30.9. The summed E-state index contributed by atoms with van der Waals surface area (Å²) in [4.78, 5) is 4.94. The molecule has 6 aromatic carbocycles. The molecule has 0 saturated heterocycles. The van der Waals surface area contributed by atoms with Crippen LogP contribution in [0, 0.1) is 0 Å². The summed E-state index contributed by atoms with van der Waals surface area (Å²) < 4.78 is 6.99. The van der Waals surface area contributed by atoms with Gasteiger partial charge in [-0.3, -0.25) is 0 Å². The second-order valence-electron chi connectivity index (χ2n) is 12.4. The van der Waals surface area contributed by atoms with Crippen LogP contribution in [0.4, 0.5) is 0 Å². The lowest BCUT2D eigenvalue weighted by molar-refractivity contribution is 0.838. The van der Waals surface area contributed by atoms with Gasteiger partial charge in [0.25, 0.3) is 0 Å². The second-order valence-corrected chi connectivity index (χ2v) is 12.4. The Kier molecular flexibility index (Phi) is 5.67. The third kappa shape index (κ3) is 4.05. The summed E-state index contributed by atoms with van der Waals surface area (Å²) in [5, 5.41) is 5.03. The molecule has 0 aliphatic carbocycles. The summed E-state index contributed by atoms with van der Waals surface area (Å²) in [6, 6.07) is 50.8. The third-order valence-electron chi connectivity index (χ3n) is 9.70.